The summed E-state index contributed by atoms with van der Waals surface area (Å²) >= 11 is 0. The molecule has 2 aliphatic rings. The van der Waals surface area contributed by atoms with Crippen molar-refractivity contribution in [1.29, 1.82) is 0 Å². The third-order valence-corrected chi connectivity index (χ3v) is 8.64. The predicted molar refractivity (Wildman–Crippen MR) is 138 cm³/mol. The number of hydrogen-bond donors (Lipinski definition) is 1. The molecule has 35 heavy (non-hydrogen) atoms. The number of rotatable bonds is 6. The molecule has 2 fully saturated rings. The summed E-state index contributed by atoms with van der Waals surface area (Å²) in [6.45, 7) is 7.82. The van der Waals surface area contributed by atoms with Gasteiger partial charge in [-0.2, -0.15) is 0 Å². The van der Waals surface area contributed by atoms with E-state index in [-0.39, 0.29) is 17.5 Å². The number of carbonyl (C=O) groups excluding carboxylic acids is 1. The molecule has 0 saturated carbocycles. The fourth-order valence-electron chi connectivity index (χ4n) is 5.05. The van der Waals surface area contributed by atoms with Gasteiger partial charge in [-0.3, -0.25) is 10.1 Å². The number of carbonyl (C=O) groups is 1. The average molecular weight is 500 g/mol. The molecule has 2 aliphatic heterocycles. The van der Waals surface area contributed by atoms with Crippen molar-refractivity contribution in [1.82, 2.24) is 14.5 Å². The maximum absolute atomic E-state index is 13.8. The molecule has 2 aromatic carbocycles. The van der Waals surface area contributed by atoms with E-state index in [1.807, 2.05) is 29.2 Å². The van der Waals surface area contributed by atoms with Gasteiger partial charge in [-0.05, 0) is 53.5 Å². The van der Waals surface area contributed by atoms with Crippen molar-refractivity contribution >= 4 is 15.9 Å². The lowest BCUT2D eigenvalue weighted by Gasteiger charge is -2.36. The van der Waals surface area contributed by atoms with E-state index < -0.39 is 15.6 Å². The van der Waals surface area contributed by atoms with Gasteiger partial charge in [0.1, 0.15) is 17.5 Å². The quantitative estimate of drug-likeness (QED) is 0.659. The molecule has 8 heteroatoms. The molecule has 2 saturated heterocycles. The Hall–Kier alpha value is -2.42. The topological polar surface area (TPSA) is 79.0 Å². The Morgan fingerprint density at radius 1 is 1.03 bits per heavy atom. The van der Waals surface area contributed by atoms with E-state index in [0.717, 1.165) is 23.3 Å². The molecule has 1 spiro atoms. The smallest absolute Gasteiger partial charge is 0.244 e. The Labute approximate surface area is 209 Å². The van der Waals surface area contributed by atoms with Gasteiger partial charge in [0.2, 0.25) is 15.9 Å². The zero-order valence-corrected chi connectivity index (χ0v) is 22.2. The molecular formula is C27H37N3O4S. The normalized spacial score (nSPS) is 21.0. The number of sulfonamides is 1. The molecular weight excluding hydrogens is 462 g/mol. The minimum Gasteiger partial charge on any atom is -0.497 e. The minimum atomic E-state index is -3.27. The van der Waals surface area contributed by atoms with Gasteiger partial charge in [0.15, 0.2) is 0 Å². The Balaban J connectivity index is 1.59. The van der Waals surface area contributed by atoms with Gasteiger partial charge in [0.05, 0.1) is 13.4 Å². The SMILES string of the molecule is COc1ccc(CCN2C(=O)C3(CCN(S(C)(=O)=O)CC3)NC2c2ccc(C(C)(C)C)cc2)cc1. The average Bonchev–Trinajstić information content (AvgIpc) is 3.08. The summed E-state index contributed by atoms with van der Waals surface area (Å²) in [7, 11) is -1.62. The molecule has 2 heterocycles. The summed E-state index contributed by atoms with van der Waals surface area (Å²) in [6, 6.07) is 16.4. The minimum absolute atomic E-state index is 0.0468. The molecule has 190 valence electrons. The van der Waals surface area contributed by atoms with Gasteiger partial charge in [-0.25, -0.2) is 12.7 Å². The molecule has 0 aliphatic carbocycles. The van der Waals surface area contributed by atoms with Crippen molar-refractivity contribution in [3.8, 4) is 5.75 Å². The molecule has 4 rings (SSSR count). The van der Waals surface area contributed by atoms with Crippen molar-refractivity contribution in [3.63, 3.8) is 0 Å². The summed E-state index contributed by atoms with van der Waals surface area (Å²) in [5.74, 6) is 0.866. The first kappa shape index (κ1) is 25.7. The summed E-state index contributed by atoms with van der Waals surface area (Å²) in [5.41, 5.74) is 2.72. The van der Waals surface area contributed by atoms with Crippen LogP contribution in [0.5, 0.6) is 5.75 Å². The van der Waals surface area contributed by atoms with Gasteiger partial charge >= 0.3 is 0 Å². The van der Waals surface area contributed by atoms with Gasteiger partial charge in [-0.15, -0.1) is 0 Å². The van der Waals surface area contributed by atoms with E-state index in [4.69, 9.17) is 4.74 Å². The lowest BCUT2D eigenvalue weighted by Crippen LogP contribution is -2.55. The second-order valence-corrected chi connectivity index (χ2v) is 12.7. The van der Waals surface area contributed by atoms with E-state index >= 15 is 0 Å². The zero-order chi connectivity index (χ0) is 25.4. The number of ether oxygens (including phenoxy) is 1. The molecule has 2 aromatic rings. The highest BCUT2D eigenvalue weighted by Gasteiger charge is 2.53. The maximum Gasteiger partial charge on any atom is 0.244 e. The fraction of sp³-hybridized carbons (Fsp3) is 0.519. The molecule has 7 nitrogen and oxygen atoms in total. The second kappa shape index (κ2) is 9.56. The number of hydrogen-bond acceptors (Lipinski definition) is 5. The van der Waals surface area contributed by atoms with Crippen LogP contribution in [-0.4, -0.2) is 62.1 Å². The van der Waals surface area contributed by atoms with Crippen molar-refractivity contribution in [2.24, 2.45) is 0 Å². The number of piperidine rings is 1. The summed E-state index contributed by atoms with van der Waals surface area (Å²) in [6.07, 6.45) is 2.64. The number of nitrogens with zero attached hydrogens (tertiary/aromatic N) is 2. The lowest BCUT2D eigenvalue weighted by molar-refractivity contribution is -0.134. The number of methoxy groups -OCH3 is 1. The summed E-state index contributed by atoms with van der Waals surface area (Å²) in [4.78, 5) is 15.8. The summed E-state index contributed by atoms with van der Waals surface area (Å²) < 4.78 is 30.8. The third kappa shape index (κ3) is 5.39. The van der Waals surface area contributed by atoms with Gasteiger partial charge in [-0.1, -0.05) is 57.2 Å². The highest BCUT2D eigenvalue weighted by Crippen LogP contribution is 2.38. The maximum atomic E-state index is 13.8. The van der Waals surface area contributed by atoms with Gasteiger partial charge in [0, 0.05) is 19.6 Å². The van der Waals surface area contributed by atoms with Crippen LogP contribution in [0.4, 0.5) is 0 Å². The van der Waals surface area contributed by atoms with Crippen molar-refractivity contribution in [2.75, 3.05) is 33.0 Å². The highest BCUT2D eigenvalue weighted by molar-refractivity contribution is 7.88. The molecule has 0 aromatic heterocycles. The van der Waals surface area contributed by atoms with Crippen LogP contribution in [0.2, 0.25) is 0 Å². The zero-order valence-electron chi connectivity index (χ0n) is 21.4. The standard InChI is InChI=1S/C27H37N3O4S/c1-26(2,3)22-10-8-21(9-11-22)24-28-27(15-18-29(19-16-27)35(5,32)33)25(31)30(24)17-14-20-6-12-23(34-4)13-7-20/h6-13,24,28H,14-19H2,1-5H3. The Morgan fingerprint density at radius 2 is 1.63 bits per heavy atom. The second-order valence-electron chi connectivity index (χ2n) is 10.8. The third-order valence-electron chi connectivity index (χ3n) is 7.33. The van der Waals surface area contributed by atoms with E-state index in [0.29, 0.717) is 32.5 Å². The number of amides is 1. The first-order valence-electron chi connectivity index (χ1n) is 12.2. The van der Waals surface area contributed by atoms with Crippen LogP contribution in [-0.2, 0) is 26.7 Å². The van der Waals surface area contributed by atoms with E-state index in [1.165, 1.54) is 16.1 Å². The van der Waals surface area contributed by atoms with Crippen LogP contribution >= 0.6 is 0 Å². The lowest BCUT2D eigenvalue weighted by atomic mass is 9.86. The molecule has 1 unspecified atom stereocenters. The summed E-state index contributed by atoms with van der Waals surface area (Å²) in [5, 5.41) is 3.64. The van der Waals surface area contributed by atoms with E-state index in [2.05, 4.69) is 50.4 Å². The molecule has 1 atom stereocenters. The monoisotopic (exact) mass is 499 g/mol. The number of nitrogens with one attached hydrogen (secondary N) is 1. The van der Waals surface area contributed by atoms with Crippen molar-refractivity contribution in [2.45, 2.75) is 57.2 Å². The fourth-order valence-corrected chi connectivity index (χ4v) is 5.90. The molecule has 1 N–H and O–H groups in total. The highest BCUT2D eigenvalue weighted by atomic mass is 32.2. The van der Waals surface area contributed by atoms with E-state index in [1.54, 1.807) is 7.11 Å². The van der Waals surface area contributed by atoms with Crippen molar-refractivity contribution in [3.05, 3.63) is 65.2 Å². The van der Waals surface area contributed by atoms with Crippen LogP contribution in [0.25, 0.3) is 0 Å². The van der Waals surface area contributed by atoms with Crippen molar-refractivity contribution < 1.29 is 17.9 Å². The Bertz CT molecular complexity index is 1150. The Morgan fingerprint density at radius 3 is 2.14 bits per heavy atom. The molecule has 0 bridgehead atoms. The first-order valence-corrected chi connectivity index (χ1v) is 14.1. The van der Waals surface area contributed by atoms with Gasteiger partial charge < -0.3 is 9.64 Å². The largest absolute Gasteiger partial charge is 0.497 e. The Kier molecular flexibility index (Phi) is 7.01. The van der Waals surface area contributed by atoms with E-state index in [9.17, 15) is 13.2 Å². The first-order chi connectivity index (χ1) is 16.4. The molecule has 1 amide bonds. The number of benzene rings is 2. The van der Waals surface area contributed by atoms with Crippen LogP contribution in [0.15, 0.2) is 48.5 Å². The predicted octanol–water partition coefficient (Wildman–Crippen LogP) is 3.46. The van der Waals surface area contributed by atoms with Gasteiger partial charge in [0.25, 0.3) is 0 Å². The van der Waals surface area contributed by atoms with Crippen LogP contribution in [0.1, 0.15) is 56.5 Å². The van der Waals surface area contributed by atoms with Crippen LogP contribution in [0, 0.1) is 0 Å². The van der Waals surface area contributed by atoms with Crippen LogP contribution < -0.4 is 10.1 Å². The molecule has 0 radical (unpaired) electrons. The van der Waals surface area contributed by atoms with Crippen LogP contribution in [0.3, 0.4) is 0 Å².